The molecule has 2 rings (SSSR count). The minimum Gasteiger partial charge on any atom is -0.464 e. The molecule has 1 atom stereocenters. The maximum atomic E-state index is 11.6. The number of Topliss-reactive ketones (excluding diaryl/α,β-unsaturated/α-hetero) is 1. The number of thiophene rings is 1. The standard InChI is InChI=1S/C12H13NO4S/c14-8(6-9-2-1-5-18-9)7-11(15)13-10-3-4-17-12(10)16/h1-2,5,10H,3-4,6-7H2,(H,13,15)/t10-/m0/s1. The van der Waals surface area contributed by atoms with E-state index in [-0.39, 0.29) is 18.6 Å². The summed E-state index contributed by atoms with van der Waals surface area (Å²) in [6.45, 7) is 0.326. The van der Waals surface area contributed by atoms with E-state index in [2.05, 4.69) is 5.32 Å². The van der Waals surface area contributed by atoms with E-state index >= 15 is 0 Å². The second kappa shape index (κ2) is 5.77. The molecule has 1 aliphatic rings. The third-order valence-corrected chi connectivity index (χ3v) is 3.46. The first-order valence-electron chi connectivity index (χ1n) is 5.65. The lowest BCUT2D eigenvalue weighted by molar-refractivity contribution is -0.141. The molecule has 0 spiro atoms. The predicted molar refractivity (Wildman–Crippen MR) is 65.2 cm³/mol. The molecule has 2 heterocycles. The van der Waals surface area contributed by atoms with E-state index in [1.807, 2.05) is 17.5 Å². The Kier molecular flexibility index (Phi) is 4.09. The molecule has 1 aromatic rings. The highest BCUT2D eigenvalue weighted by Crippen LogP contribution is 2.11. The van der Waals surface area contributed by atoms with Crippen LogP contribution in [0.3, 0.4) is 0 Å². The first kappa shape index (κ1) is 12.8. The number of carbonyl (C=O) groups is 3. The van der Waals surface area contributed by atoms with Crippen molar-refractivity contribution < 1.29 is 19.1 Å². The number of ether oxygens (including phenoxy) is 1. The van der Waals surface area contributed by atoms with Crippen LogP contribution >= 0.6 is 11.3 Å². The highest BCUT2D eigenvalue weighted by atomic mass is 32.1. The molecule has 6 heteroatoms. The van der Waals surface area contributed by atoms with Crippen LogP contribution in [0.25, 0.3) is 0 Å². The summed E-state index contributed by atoms with van der Waals surface area (Å²) in [5.74, 6) is -0.990. The minimum absolute atomic E-state index is 0.152. The molecule has 1 aliphatic heterocycles. The van der Waals surface area contributed by atoms with E-state index in [0.717, 1.165) is 4.88 Å². The lowest BCUT2D eigenvalue weighted by atomic mass is 10.1. The topological polar surface area (TPSA) is 72.5 Å². The molecule has 1 amide bonds. The number of amides is 1. The second-order valence-electron chi connectivity index (χ2n) is 4.05. The Balaban J connectivity index is 1.77. The Morgan fingerprint density at radius 2 is 2.33 bits per heavy atom. The highest BCUT2D eigenvalue weighted by molar-refractivity contribution is 7.10. The van der Waals surface area contributed by atoms with Crippen molar-refractivity contribution in [2.45, 2.75) is 25.3 Å². The summed E-state index contributed by atoms with van der Waals surface area (Å²) in [6.07, 6.45) is 0.547. The Morgan fingerprint density at radius 3 is 2.94 bits per heavy atom. The van der Waals surface area contributed by atoms with Crippen molar-refractivity contribution in [3.8, 4) is 0 Å². The molecule has 0 aromatic carbocycles. The SMILES string of the molecule is O=C(CC(=O)N[C@H]1CCOC1=O)Cc1cccs1. The van der Waals surface area contributed by atoms with Crippen molar-refractivity contribution in [2.24, 2.45) is 0 Å². The number of esters is 1. The largest absolute Gasteiger partial charge is 0.464 e. The fraction of sp³-hybridized carbons (Fsp3) is 0.417. The van der Waals surface area contributed by atoms with Crippen LogP contribution in [0.4, 0.5) is 0 Å². The van der Waals surface area contributed by atoms with Crippen LogP contribution in [0.5, 0.6) is 0 Å². The van der Waals surface area contributed by atoms with Crippen LogP contribution in [0.15, 0.2) is 17.5 Å². The fourth-order valence-corrected chi connectivity index (χ4v) is 2.45. The van der Waals surface area contributed by atoms with Crippen molar-refractivity contribution in [2.75, 3.05) is 6.61 Å². The number of cyclic esters (lactones) is 1. The van der Waals surface area contributed by atoms with Gasteiger partial charge in [0, 0.05) is 17.7 Å². The minimum atomic E-state index is -0.591. The molecule has 0 radical (unpaired) electrons. The maximum Gasteiger partial charge on any atom is 0.328 e. The van der Waals surface area contributed by atoms with E-state index in [0.29, 0.717) is 13.0 Å². The van der Waals surface area contributed by atoms with E-state index in [1.165, 1.54) is 11.3 Å². The first-order chi connectivity index (χ1) is 8.65. The van der Waals surface area contributed by atoms with Crippen LogP contribution < -0.4 is 5.32 Å². The van der Waals surface area contributed by atoms with Gasteiger partial charge in [-0.1, -0.05) is 6.07 Å². The molecule has 5 nitrogen and oxygen atoms in total. The summed E-state index contributed by atoms with van der Waals surface area (Å²) in [7, 11) is 0. The van der Waals surface area contributed by atoms with Gasteiger partial charge < -0.3 is 10.1 Å². The zero-order valence-corrected chi connectivity index (χ0v) is 10.5. The van der Waals surface area contributed by atoms with Crippen molar-refractivity contribution in [3.05, 3.63) is 22.4 Å². The van der Waals surface area contributed by atoms with E-state index < -0.39 is 17.9 Å². The van der Waals surface area contributed by atoms with Gasteiger partial charge in [-0.2, -0.15) is 0 Å². The van der Waals surface area contributed by atoms with Crippen LogP contribution in [0.2, 0.25) is 0 Å². The van der Waals surface area contributed by atoms with Crippen LogP contribution in [0, 0.1) is 0 Å². The van der Waals surface area contributed by atoms with E-state index in [1.54, 1.807) is 0 Å². The molecule has 18 heavy (non-hydrogen) atoms. The average molecular weight is 267 g/mol. The monoisotopic (exact) mass is 267 g/mol. The molecule has 0 unspecified atom stereocenters. The molecule has 1 fully saturated rings. The van der Waals surface area contributed by atoms with Gasteiger partial charge in [0.2, 0.25) is 5.91 Å². The predicted octanol–water partition coefficient (Wildman–Crippen LogP) is 0.681. The Labute approximate surface area is 108 Å². The first-order valence-corrected chi connectivity index (χ1v) is 6.53. The second-order valence-corrected chi connectivity index (χ2v) is 5.08. The van der Waals surface area contributed by atoms with Gasteiger partial charge in [0.15, 0.2) is 0 Å². The van der Waals surface area contributed by atoms with Crippen molar-refractivity contribution in [3.63, 3.8) is 0 Å². The van der Waals surface area contributed by atoms with Crippen LogP contribution in [0.1, 0.15) is 17.7 Å². The lowest BCUT2D eigenvalue weighted by Gasteiger charge is -2.07. The number of hydrogen-bond acceptors (Lipinski definition) is 5. The summed E-state index contributed by atoms with van der Waals surface area (Å²) >= 11 is 1.48. The van der Waals surface area contributed by atoms with E-state index in [4.69, 9.17) is 4.74 Å². The normalized spacial score (nSPS) is 18.4. The number of hydrogen-bond donors (Lipinski definition) is 1. The number of carbonyl (C=O) groups excluding carboxylic acids is 3. The van der Waals surface area contributed by atoms with Gasteiger partial charge in [-0.3, -0.25) is 9.59 Å². The quantitative estimate of drug-likeness (QED) is 0.629. The third kappa shape index (κ3) is 3.40. The maximum absolute atomic E-state index is 11.6. The Hall–Kier alpha value is -1.69. The summed E-state index contributed by atoms with van der Waals surface area (Å²) in [5.41, 5.74) is 0. The van der Waals surface area contributed by atoms with Crippen molar-refractivity contribution >= 4 is 29.0 Å². The zero-order chi connectivity index (χ0) is 13.0. The summed E-state index contributed by atoms with van der Waals surface area (Å²) in [6, 6.07) is 3.13. The zero-order valence-electron chi connectivity index (χ0n) is 9.68. The van der Waals surface area contributed by atoms with Gasteiger partial charge in [0.1, 0.15) is 11.8 Å². The van der Waals surface area contributed by atoms with Gasteiger partial charge in [0.05, 0.1) is 13.0 Å². The number of nitrogens with one attached hydrogen (secondary N) is 1. The van der Waals surface area contributed by atoms with Crippen molar-refractivity contribution in [1.82, 2.24) is 5.32 Å². The molecule has 0 saturated carbocycles. The number of rotatable bonds is 5. The van der Waals surface area contributed by atoms with E-state index in [9.17, 15) is 14.4 Å². The molecule has 0 bridgehead atoms. The Morgan fingerprint density at radius 1 is 1.50 bits per heavy atom. The molecular formula is C12H13NO4S. The lowest BCUT2D eigenvalue weighted by Crippen LogP contribution is -2.38. The molecule has 0 aliphatic carbocycles. The summed E-state index contributed by atoms with van der Waals surface area (Å²) < 4.78 is 4.72. The average Bonchev–Trinajstić information content (AvgIpc) is 2.91. The molecule has 1 aromatic heterocycles. The molecule has 1 N–H and O–H groups in total. The van der Waals surface area contributed by atoms with Gasteiger partial charge in [-0.25, -0.2) is 4.79 Å². The van der Waals surface area contributed by atoms with Gasteiger partial charge in [0.25, 0.3) is 0 Å². The molecule has 96 valence electrons. The van der Waals surface area contributed by atoms with Crippen molar-refractivity contribution in [1.29, 1.82) is 0 Å². The van der Waals surface area contributed by atoms with Gasteiger partial charge in [-0.15, -0.1) is 11.3 Å². The number of ketones is 1. The smallest absolute Gasteiger partial charge is 0.328 e. The molecule has 1 saturated heterocycles. The highest BCUT2D eigenvalue weighted by Gasteiger charge is 2.28. The van der Waals surface area contributed by atoms with Crippen LogP contribution in [-0.4, -0.2) is 30.3 Å². The summed E-state index contributed by atoms with van der Waals surface area (Å²) in [5, 5.41) is 4.39. The fourth-order valence-electron chi connectivity index (χ4n) is 1.72. The van der Waals surface area contributed by atoms with Gasteiger partial charge >= 0.3 is 5.97 Å². The molecular weight excluding hydrogens is 254 g/mol. The van der Waals surface area contributed by atoms with Gasteiger partial charge in [-0.05, 0) is 11.4 Å². The summed E-state index contributed by atoms with van der Waals surface area (Å²) in [4.78, 5) is 35.2. The third-order valence-electron chi connectivity index (χ3n) is 2.58. The Bertz CT molecular complexity index is 455. The van der Waals surface area contributed by atoms with Crippen LogP contribution in [-0.2, 0) is 25.5 Å².